The van der Waals surface area contributed by atoms with Crippen LogP contribution in [0.25, 0.3) is 0 Å². The average molecular weight is 417 g/mol. The molecular formula is C20H21F2N5O3. The van der Waals surface area contributed by atoms with Crippen molar-refractivity contribution in [2.45, 2.75) is 32.1 Å². The Morgan fingerprint density at radius 1 is 1.27 bits per heavy atom. The quantitative estimate of drug-likeness (QED) is 0.711. The molecule has 0 bridgehead atoms. The van der Waals surface area contributed by atoms with Crippen LogP contribution < -0.4 is 21.1 Å². The fourth-order valence-electron chi connectivity index (χ4n) is 3.92. The maximum absolute atomic E-state index is 13.4. The van der Waals surface area contributed by atoms with Crippen LogP contribution in [0.2, 0.25) is 0 Å². The number of amides is 2. The minimum absolute atomic E-state index is 0.0229. The molecule has 158 valence electrons. The first-order valence-electron chi connectivity index (χ1n) is 9.76. The fraction of sp³-hybridized carbons (Fsp3) is 0.400. The third-order valence-corrected chi connectivity index (χ3v) is 5.40. The molecule has 0 radical (unpaired) electrons. The van der Waals surface area contributed by atoms with Crippen molar-refractivity contribution >= 4 is 29.3 Å². The highest BCUT2D eigenvalue weighted by atomic mass is 19.2. The second-order valence-corrected chi connectivity index (χ2v) is 7.77. The number of H-pyrrole nitrogens is 1. The maximum atomic E-state index is 13.4. The number of carbonyl (C=O) groups is 2. The van der Waals surface area contributed by atoms with Gasteiger partial charge in [0.25, 0.3) is 5.56 Å². The molecule has 0 aliphatic carbocycles. The van der Waals surface area contributed by atoms with Crippen molar-refractivity contribution in [2.24, 2.45) is 5.92 Å². The summed E-state index contributed by atoms with van der Waals surface area (Å²) >= 11 is 0. The number of hydrogen-bond acceptors (Lipinski definition) is 5. The lowest BCUT2D eigenvalue weighted by molar-refractivity contribution is -0.123. The summed E-state index contributed by atoms with van der Waals surface area (Å²) in [4.78, 5) is 46.8. The van der Waals surface area contributed by atoms with Crippen molar-refractivity contribution in [3.8, 4) is 0 Å². The number of nitrogens with one attached hydrogen (secondary N) is 3. The number of fused-ring (bicyclic) bond motifs is 1. The smallest absolute Gasteiger partial charge is 0.258 e. The SMILES string of the molecule is C[C@H]1CCCN(c2nc3c(c(=O)[nH]2)[C@@H](C(=O)Nc2ccc(F)c(F)c2)CC(=O)N3)C1. The van der Waals surface area contributed by atoms with Gasteiger partial charge in [0, 0.05) is 31.3 Å². The van der Waals surface area contributed by atoms with Crippen LogP contribution in [0.3, 0.4) is 0 Å². The molecule has 2 aliphatic rings. The van der Waals surface area contributed by atoms with Gasteiger partial charge < -0.3 is 15.5 Å². The molecule has 2 aliphatic heterocycles. The molecule has 1 saturated heterocycles. The van der Waals surface area contributed by atoms with Gasteiger partial charge in [0.15, 0.2) is 11.6 Å². The van der Waals surface area contributed by atoms with Crippen LogP contribution in [0, 0.1) is 17.6 Å². The molecule has 30 heavy (non-hydrogen) atoms. The third kappa shape index (κ3) is 3.89. The van der Waals surface area contributed by atoms with E-state index in [0.717, 1.165) is 38.1 Å². The standard InChI is InChI=1S/C20H21F2N5O3/c1-10-3-2-6-27(9-10)20-25-17-16(19(30)26-20)12(8-15(28)24-17)18(29)23-11-4-5-13(21)14(22)7-11/h4-5,7,10,12H,2-3,6,8-9H2,1H3,(H,23,29)(H2,24,25,26,28,30)/t10-,12-/m0/s1. The summed E-state index contributed by atoms with van der Waals surface area (Å²) in [5, 5.41) is 5.01. The second-order valence-electron chi connectivity index (χ2n) is 7.77. The highest BCUT2D eigenvalue weighted by molar-refractivity contribution is 6.04. The van der Waals surface area contributed by atoms with Crippen molar-refractivity contribution in [3.63, 3.8) is 0 Å². The van der Waals surface area contributed by atoms with Gasteiger partial charge >= 0.3 is 0 Å². The van der Waals surface area contributed by atoms with E-state index in [1.54, 1.807) is 0 Å². The number of carbonyl (C=O) groups excluding carboxylic acids is 2. The van der Waals surface area contributed by atoms with Gasteiger partial charge in [-0.05, 0) is 30.9 Å². The number of halogens is 2. The molecule has 0 spiro atoms. The molecule has 2 amide bonds. The molecule has 3 heterocycles. The summed E-state index contributed by atoms with van der Waals surface area (Å²) in [7, 11) is 0. The van der Waals surface area contributed by atoms with E-state index >= 15 is 0 Å². The van der Waals surface area contributed by atoms with Gasteiger partial charge in [-0.2, -0.15) is 4.98 Å². The number of piperidine rings is 1. The minimum Gasteiger partial charge on any atom is -0.342 e. The summed E-state index contributed by atoms with van der Waals surface area (Å²) in [6.07, 6.45) is 1.80. The zero-order valence-electron chi connectivity index (χ0n) is 16.3. The lowest BCUT2D eigenvalue weighted by atomic mass is 9.92. The van der Waals surface area contributed by atoms with Crippen molar-refractivity contribution in [3.05, 3.63) is 45.8 Å². The minimum atomic E-state index is -1.12. The zero-order valence-corrected chi connectivity index (χ0v) is 16.3. The maximum Gasteiger partial charge on any atom is 0.258 e. The Morgan fingerprint density at radius 2 is 2.07 bits per heavy atom. The first-order valence-corrected chi connectivity index (χ1v) is 9.76. The number of rotatable bonds is 3. The molecule has 2 atom stereocenters. The molecule has 10 heteroatoms. The largest absolute Gasteiger partial charge is 0.342 e. The van der Waals surface area contributed by atoms with Gasteiger partial charge in [0.05, 0.1) is 11.5 Å². The van der Waals surface area contributed by atoms with E-state index in [4.69, 9.17) is 0 Å². The van der Waals surface area contributed by atoms with E-state index in [1.165, 1.54) is 6.07 Å². The molecule has 0 unspecified atom stereocenters. The summed E-state index contributed by atoms with van der Waals surface area (Å²) in [5.41, 5.74) is -0.447. The van der Waals surface area contributed by atoms with Crippen LogP contribution in [-0.4, -0.2) is 34.9 Å². The first kappa shape index (κ1) is 20.0. The van der Waals surface area contributed by atoms with Crippen LogP contribution in [0.1, 0.15) is 37.7 Å². The number of nitrogens with zero attached hydrogens (tertiary/aromatic N) is 2. The Morgan fingerprint density at radius 3 is 2.80 bits per heavy atom. The lowest BCUT2D eigenvalue weighted by Gasteiger charge is -2.32. The molecule has 1 fully saturated rings. The second kappa shape index (κ2) is 7.85. The number of hydrogen-bond donors (Lipinski definition) is 3. The van der Waals surface area contributed by atoms with E-state index in [0.29, 0.717) is 11.9 Å². The van der Waals surface area contributed by atoms with E-state index in [1.807, 2.05) is 4.90 Å². The summed E-state index contributed by atoms with van der Waals surface area (Å²) in [6.45, 7) is 3.58. The number of benzene rings is 1. The number of anilines is 3. The molecular weight excluding hydrogens is 396 g/mol. The highest BCUT2D eigenvalue weighted by Crippen LogP contribution is 2.31. The van der Waals surface area contributed by atoms with Gasteiger partial charge in [-0.15, -0.1) is 0 Å². The first-order chi connectivity index (χ1) is 14.3. The highest BCUT2D eigenvalue weighted by Gasteiger charge is 2.35. The van der Waals surface area contributed by atoms with Gasteiger partial charge in [-0.1, -0.05) is 6.92 Å². The normalized spacial score (nSPS) is 21.0. The van der Waals surface area contributed by atoms with Crippen LogP contribution in [0.5, 0.6) is 0 Å². The number of aromatic nitrogens is 2. The van der Waals surface area contributed by atoms with Crippen LogP contribution in [0.4, 0.5) is 26.2 Å². The molecule has 0 saturated carbocycles. The van der Waals surface area contributed by atoms with Crippen LogP contribution in [0.15, 0.2) is 23.0 Å². The average Bonchev–Trinajstić information content (AvgIpc) is 2.69. The molecule has 4 rings (SSSR count). The Balaban J connectivity index is 1.64. The molecule has 8 nitrogen and oxygen atoms in total. The summed E-state index contributed by atoms with van der Waals surface area (Å²) in [5.74, 6) is -3.55. The topological polar surface area (TPSA) is 107 Å². The van der Waals surface area contributed by atoms with Gasteiger partial charge in [-0.3, -0.25) is 19.4 Å². The van der Waals surface area contributed by atoms with E-state index in [9.17, 15) is 23.2 Å². The Kier molecular flexibility index (Phi) is 5.23. The third-order valence-electron chi connectivity index (χ3n) is 5.40. The predicted molar refractivity (Wildman–Crippen MR) is 106 cm³/mol. The number of aromatic amines is 1. The monoisotopic (exact) mass is 417 g/mol. The Bertz CT molecular complexity index is 1070. The molecule has 1 aromatic carbocycles. The van der Waals surface area contributed by atoms with E-state index < -0.39 is 34.9 Å². The zero-order chi connectivity index (χ0) is 21.4. The van der Waals surface area contributed by atoms with Gasteiger partial charge in [0.2, 0.25) is 17.8 Å². The fourth-order valence-corrected chi connectivity index (χ4v) is 3.92. The Labute approximate surface area is 170 Å². The van der Waals surface area contributed by atoms with Gasteiger partial charge in [-0.25, -0.2) is 8.78 Å². The molecule has 2 aromatic rings. The van der Waals surface area contributed by atoms with E-state index in [2.05, 4.69) is 27.5 Å². The van der Waals surface area contributed by atoms with Gasteiger partial charge in [0.1, 0.15) is 5.82 Å². The molecule has 1 aromatic heterocycles. The van der Waals surface area contributed by atoms with Crippen molar-refractivity contribution in [2.75, 3.05) is 28.6 Å². The van der Waals surface area contributed by atoms with Crippen LogP contribution in [-0.2, 0) is 9.59 Å². The lowest BCUT2D eigenvalue weighted by Crippen LogP contribution is -2.40. The van der Waals surface area contributed by atoms with Crippen LogP contribution >= 0.6 is 0 Å². The van der Waals surface area contributed by atoms with Crippen molar-refractivity contribution < 1.29 is 18.4 Å². The summed E-state index contributed by atoms with van der Waals surface area (Å²) < 4.78 is 26.5. The predicted octanol–water partition coefficient (Wildman–Crippen LogP) is 2.35. The molecule has 3 N–H and O–H groups in total. The van der Waals surface area contributed by atoms with E-state index in [-0.39, 0.29) is 23.5 Å². The Hall–Kier alpha value is -3.30. The summed E-state index contributed by atoms with van der Waals surface area (Å²) in [6, 6.07) is 2.91. The van der Waals surface area contributed by atoms with Crippen molar-refractivity contribution in [1.82, 2.24) is 9.97 Å². The van der Waals surface area contributed by atoms with Crippen molar-refractivity contribution in [1.29, 1.82) is 0 Å².